The molecule has 0 amide bonds. The molecule has 5 nitrogen and oxygen atoms in total. The zero-order valence-corrected chi connectivity index (χ0v) is 18.4. The number of hydrogen-bond donors (Lipinski definition) is 2. The number of benzene rings is 3. The maximum atomic E-state index is 6.19. The van der Waals surface area contributed by atoms with Crippen LogP contribution in [0.4, 0.5) is 5.69 Å². The molecular weight excluding hydrogens is 441 g/mol. The summed E-state index contributed by atoms with van der Waals surface area (Å²) < 4.78 is 11.3. The second-order valence-electron chi connectivity index (χ2n) is 6.09. The molecule has 0 spiro atoms. The van der Waals surface area contributed by atoms with Crippen LogP contribution in [0, 0.1) is 0 Å². The highest BCUT2D eigenvalue weighted by Gasteiger charge is 2.10. The zero-order chi connectivity index (χ0) is 21.3. The molecule has 0 fully saturated rings. The molecule has 3 aromatic rings. The monoisotopic (exact) mass is 459 g/mol. The normalized spacial score (nSPS) is 10.6. The Morgan fingerprint density at radius 3 is 2.43 bits per heavy atom. The van der Waals surface area contributed by atoms with E-state index in [0.717, 1.165) is 16.8 Å². The van der Waals surface area contributed by atoms with Gasteiger partial charge in [0.1, 0.15) is 6.61 Å². The second kappa shape index (κ2) is 10.8. The van der Waals surface area contributed by atoms with Crippen LogP contribution in [0.3, 0.4) is 0 Å². The van der Waals surface area contributed by atoms with Crippen LogP contribution in [0.15, 0.2) is 71.8 Å². The van der Waals surface area contributed by atoms with Gasteiger partial charge in [-0.3, -0.25) is 5.43 Å². The second-order valence-corrected chi connectivity index (χ2v) is 7.31. The van der Waals surface area contributed by atoms with Crippen LogP contribution in [0.2, 0.25) is 10.0 Å². The number of para-hydroxylation sites is 1. The summed E-state index contributed by atoms with van der Waals surface area (Å²) in [5.74, 6) is 1.13. The molecular formula is C22H19Cl2N3O2S. The third kappa shape index (κ3) is 6.10. The van der Waals surface area contributed by atoms with E-state index in [1.54, 1.807) is 37.6 Å². The van der Waals surface area contributed by atoms with E-state index in [1.807, 2.05) is 42.5 Å². The summed E-state index contributed by atoms with van der Waals surface area (Å²) in [5, 5.41) is 8.69. The number of thiocarbonyl (C=S) groups is 1. The molecule has 0 aromatic heterocycles. The molecule has 0 saturated heterocycles. The summed E-state index contributed by atoms with van der Waals surface area (Å²) in [4.78, 5) is 0. The van der Waals surface area contributed by atoms with Crippen LogP contribution in [-0.4, -0.2) is 18.4 Å². The molecule has 0 heterocycles. The summed E-state index contributed by atoms with van der Waals surface area (Å²) in [6.45, 7) is 0.225. The number of nitrogens with one attached hydrogen (secondary N) is 2. The minimum absolute atomic E-state index is 0.225. The Morgan fingerprint density at radius 2 is 1.73 bits per heavy atom. The molecule has 2 N–H and O–H groups in total. The number of nitrogens with zero attached hydrogens (tertiary/aromatic N) is 1. The van der Waals surface area contributed by atoms with E-state index in [-0.39, 0.29) is 6.61 Å². The van der Waals surface area contributed by atoms with Crippen molar-refractivity contribution in [2.24, 2.45) is 5.10 Å². The highest BCUT2D eigenvalue weighted by atomic mass is 35.5. The average Bonchev–Trinajstić information content (AvgIpc) is 2.74. The first-order valence-electron chi connectivity index (χ1n) is 8.95. The predicted molar refractivity (Wildman–Crippen MR) is 127 cm³/mol. The topological polar surface area (TPSA) is 54.9 Å². The SMILES string of the molecule is COc1cc(/C=N\NC(=S)Nc2ccccc2)ccc1OCc1c(Cl)cccc1Cl. The molecule has 154 valence electrons. The van der Waals surface area contributed by atoms with Gasteiger partial charge in [0.2, 0.25) is 0 Å². The van der Waals surface area contributed by atoms with Crippen molar-refractivity contribution >= 4 is 52.4 Å². The van der Waals surface area contributed by atoms with Crippen molar-refractivity contribution in [2.45, 2.75) is 6.61 Å². The molecule has 3 aromatic carbocycles. The Balaban J connectivity index is 1.61. The van der Waals surface area contributed by atoms with Crippen LogP contribution < -0.4 is 20.2 Å². The van der Waals surface area contributed by atoms with Gasteiger partial charge in [-0.25, -0.2) is 0 Å². The van der Waals surface area contributed by atoms with E-state index < -0.39 is 0 Å². The van der Waals surface area contributed by atoms with Crippen molar-refractivity contribution in [3.63, 3.8) is 0 Å². The third-order valence-electron chi connectivity index (χ3n) is 4.03. The Hall–Kier alpha value is -2.80. The summed E-state index contributed by atoms with van der Waals surface area (Å²) >= 11 is 17.6. The summed E-state index contributed by atoms with van der Waals surface area (Å²) in [6, 6.07) is 20.4. The van der Waals surface area contributed by atoms with Gasteiger partial charge in [-0.2, -0.15) is 5.10 Å². The van der Waals surface area contributed by atoms with Crippen molar-refractivity contribution < 1.29 is 9.47 Å². The first-order chi connectivity index (χ1) is 14.6. The highest BCUT2D eigenvalue weighted by molar-refractivity contribution is 7.80. The van der Waals surface area contributed by atoms with Gasteiger partial charge < -0.3 is 14.8 Å². The lowest BCUT2D eigenvalue weighted by molar-refractivity contribution is 0.284. The highest BCUT2D eigenvalue weighted by Crippen LogP contribution is 2.31. The molecule has 0 saturated carbocycles. The van der Waals surface area contributed by atoms with Crippen molar-refractivity contribution in [1.82, 2.24) is 5.43 Å². The van der Waals surface area contributed by atoms with E-state index in [9.17, 15) is 0 Å². The lowest BCUT2D eigenvalue weighted by atomic mass is 10.2. The van der Waals surface area contributed by atoms with E-state index in [2.05, 4.69) is 15.8 Å². The van der Waals surface area contributed by atoms with E-state index in [1.165, 1.54) is 0 Å². The van der Waals surface area contributed by atoms with Gasteiger partial charge in [-0.15, -0.1) is 0 Å². The molecule has 30 heavy (non-hydrogen) atoms. The number of anilines is 1. The lowest BCUT2D eigenvalue weighted by Gasteiger charge is -2.13. The standard InChI is InChI=1S/C22H19Cl2N3O2S/c1-28-21-12-15(13-25-27-22(30)26-16-6-3-2-4-7-16)10-11-20(21)29-14-17-18(23)8-5-9-19(17)24/h2-13H,14H2,1H3,(H2,26,27,30)/b25-13-. The van der Waals surface area contributed by atoms with Crippen molar-refractivity contribution in [1.29, 1.82) is 0 Å². The van der Waals surface area contributed by atoms with Gasteiger partial charge in [0.25, 0.3) is 0 Å². The fourth-order valence-corrected chi connectivity index (χ4v) is 3.23. The summed E-state index contributed by atoms with van der Waals surface area (Å²) in [7, 11) is 1.57. The Bertz CT molecular complexity index is 1030. The molecule has 0 bridgehead atoms. The Kier molecular flexibility index (Phi) is 7.90. The first-order valence-corrected chi connectivity index (χ1v) is 10.1. The molecule has 3 rings (SSSR count). The summed E-state index contributed by atoms with van der Waals surface area (Å²) in [5.41, 5.74) is 5.19. The van der Waals surface area contributed by atoms with Gasteiger partial charge in [-0.1, -0.05) is 47.5 Å². The first kappa shape index (κ1) is 21.9. The van der Waals surface area contributed by atoms with Gasteiger partial charge in [0.15, 0.2) is 16.6 Å². The summed E-state index contributed by atoms with van der Waals surface area (Å²) in [6.07, 6.45) is 1.64. The Morgan fingerprint density at radius 1 is 1.00 bits per heavy atom. The molecule has 0 unspecified atom stereocenters. The average molecular weight is 460 g/mol. The fraction of sp³-hybridized carbons (Fsp3) is 0.0909. The molecule has 8 heteroatoms. The minimum Gasteiger partial charge on any atom is -0.493 e. The van der Waals surface area contributed by atoms with Gasteiger partial charge in [-0.05, 0) is 60.2 Å². The molecule has 0 aliphatic carbocycles. The van der Waals surface area contributed by atoms with Gasteiger partial charge >= 0.3 is 0 Å². The van der Waals surface area contributed by atoms with E-state index in [4.69, 9.17) is 44.9 Å². The number of ether oxygens (including phenoxy) is 2. The van der Waals surface area contributed by atoms with Crippen LogP contribution in [0.5, 0.6) is 11.5 Å². The van der Waals surface area contributed by atoms with Gasteiger partial charge in [0, 0.05) is 21.3 Å². The van der Waals surface area contributed by atoms with E-state index in [0.29, 0.717) is 26.7 Å². The number of methoxy groups -OCH3 is 1. The quantitative estimate of drug-likeness (QED) is 0.261. The van der Waals surface area contributed by atoms with Crippen LogP contribution >= 0.6 is 35.4 Å². The number of halogens is 2. The minimum atomic E-state index is 0.225. The molecule has 0 aliphatic rings. The maximum absolute atomic E-state index is 6.19. The third-order valence-corrected chi connectivity index (χ3v) is 4.93. The maximum Gasteiger partial charge on any atom is 0.191 e. The van der Waals surface area contributed by atoms with Crippen molar-refractivity contribution in [2.75, 3.05) is 12.4 Å². The number of hydrogen-bond acceptors (Lipinski definition) is 4. The van der Waals surface area contributed by atoms with Crippen molar-refractivity contribution in [3.05, 3.63) is 87.9 Å². The number of hydrazone groups is 1. The fourth-order valence-electron chi connectivity index (χ4n) is 2.55. The zero-order valence-electron chi connectivity index (χ0n) is 16.1. The Labute approximate surface area is 190 Å². The van der Waals surface area contributed by atoms with Crippen LogP contribution in [-0.2, 0) is 6.61 Å². The largest absolute Gasteiger partial charge is 0.493 e. The van der Waals surface area contributed by atoms with Crippen LogP contribution in [0.25, 0.3) is 0 Å². The van der Waals surface area contributed by atoms with Crippen LogP contribution in [0.1, 0.15) is 11.1 Å². The van der Waals surface area contributed by atoms with Gasteiger partial charge in [0.05, 0.1) is 13.3 Å². The smallest absolute Gasteiger partial charge is 0.191 e. The number of rotatable bonds is 7. The lowest BCUT2D eigenvalue weighted by Crippen LogP contribution is -2.23. The molecule has 0 atom stereocenters. The molecule has 0 aliphatic heterocycles. The van der Waals surface area contributed by atoms with E-state index >= 15 is 0 Å². The molecule has 0 radical (unpaired) electrons. The predicted octanol–water partition coefficient (Wildman–Crippen LogP) is 5.90. The van der Waals surface area contributed by atoms with Crippen molar-refractivity contribution in [3.8, 4) is 11.5 Å².